The van der Waals surface area contributed by atoms with Gasteiger partial charge < -0.3 is 9.84 Å². The molecule has 0 aliphatic rings. The molecule has 0 unspecified atom stereocenters. The minimum atomic E-state index is -0.989. The molecular weight excluding hydrogens is 232 g/mol. The van der Waals surface area contributed by atoms with Crippen LogP contribution in [0.15, 0.2) is 0 Å². The summed E-state index contributed by atoms with van der Waals surface area (Å²) in [6.45, 7) is 1.83. The third-order valence-electron chi connectivity index (χ3n) is 1.86. The van der Waals surface area contributed by atoms with Gasteiger partial charge in [0.1, 0.15) is 18.2 Å². The van der Waals surface area contributed by atoms with Gasteiger partial charge in [-0.2, -0.15) is 9.61 Å². The summed E-state index contributed by atoms with van der Waals surface area (Å²) in [5, 5.41) is 21.2. The maximum Gasteiger partial charge on any atom is 0.329 e. The summed E-state index contributed by atoms with van der Waals surface area (Å²) in [6.07, 6.45) is 0.750. The van der Waals surface area contributed by atoms with Gasteiger partial charge >= 0.3 is 5.97 Å². The topological polar surface area (TPSA) is 89.6 Å². The Bertz CT molecular complexity index is 506. The largest absolute Gasteiger partial charge is 0.480 e. The van der Waals surface area contributed by atoms with Crippen molar-refractivity contribution in [1.29, 1.82) is 0 Å². The number of rotatable bonds is 5. The second kappa shape index (κ2) is 4.54. The van der Waals surface area contributed by atoms with E-state index in [-0.39, 0.29) is 13.2 Å². The van der Waals surface area contributed by atoms with Crippen LogP contribution in [0.3, 0.4) is 0 Å². The summed E-state index contributed by atoms with van der Waals surface area (Å²) in [7, 11) is 0. The molecule has 0 atom stereocenters. The van der Waals surface area contributed by atoms with Gasteiger partial charge in [0.05, 0.1) is 0 Å². The van der Waals surface area contributed by atoms with E-state index in [1.54, 1.807) is 4.52 Å². The van der Waals surface area contributed by atoms with Crippen molar-refractivity contribution < 1.29 is 14.6 Å². The number of aryl methyl sites for hydroxylation is 1. The molecule has 0 saturated carbocycles. The number of ether oxygens (including phenoxy) is 1. The molecule has 2 aromatic heterocycles. The maximum absolute atomic E-state index is 10.2. The van der Waals surface area contributed by atoms with E-state index in [1.165, 1.54) is 11.3 Å². The van der Waals surface area contributed by atoms with Crippen LogP contribution in [0.2, 0.25) is 0 Å². The van der Waals surface area contributed by atoms with Crippen molar-refractivity contribution in [1.82, 2.24) is 19.8 Å². The highest BCUT2D eigenvalue weighted by Crippen LogP contribution is 2.14. The second-order valence-electron chi connectivity index (χ2n) is 3.05. The highest BCUT2D eigenvalue weighted by molar-refractivity contribution is 7.16. The Morgan fingerprint density at radius 3 is 3.06 bits per heavy atom. The zero-order valence-corrected chi connectivity index (χ0v) is 9.40. The molecule has 2 rings (SSSR count). The average molecular weight is 242 g/mol. The molecule has 0 aromatic carbocycles. The van der Waals surface area contributed by atoms with Gasteiger partial charge in [-0.25, -0.2) is 4.79 Å². The SMILES string of the molecule is CCc1nnc2sc(COCC(=O)O)nn12. The number of nitrogens with zero attached hydrogens (tertiary/aromatic N) is 4. The number of carboxylic acids is 1. The number of carboxylic acid groups (broad SMARTS) is 1. The summed E-state index contributed by atoms with van der Waals surface area (Å²) in [5.41, 5.74) is 0. The Hall–Kier alpha value is -1.54. The smallest absolute Gasteiger partial charge is 0.329 e. The van der Waals surface area contributed by atoms with E-state index in [0.717, 1.165) is 12.2 Å². The molecule has 0 spiro atoms. The maximum atomic E-state index is 10.2. The molecule has 0 aliphatic heterocycles. The lowest BCUT2D eigenvalue weighted by atomic mass is 10.5. The van der Waals surface area contributed by atoms with E-state index in [9.17, 15) is 4.79 Å². The fourth-order valence-corrected chi connectivity index (χ4v) is 1.99. The predicted octanol–water partition coefficient (Wildman–Crippen LogP) is 0.349. The predicted molar refractivity (Wildman–Crippen MR) is 55.3 cm³/mol. The Kier molecular flexibility index (Phi) is 3.11. The lowest BCUT2D eigenvalue weighted by Crippen LogP contribution is -2.06. The molecule has 2 heterocycles. The third kappa shape index (κ3) is 2.17. The number of hydrogen-bond acceptors (Lipinski definition) is 6. The number of fused-ring (bicyclic) bond motifs is 1. The first kappa shape index (κ1) is 11.0. The van der Waals surface area contributed by atoms with Crippen molar-refractivity contribution in [2.24, 2.45) is 0 Å². The van der Waals surface area contributed by atoms with Crippen LogP contribution in [0, 0.1) is 0 Å². The molecule has 16 heavy (non-hydrogen) atoms. The first-order valence-corrected chi connectivity index (χ1v) is 5.52. The van der Waals surface area contributed by atoms with Crippen LogP contribution < -0.4 is 0 Å². The zero-order valence-electron chi connectivity index (χ0n) is 8.58. The molecule has 86 valence electrons. The van der Waals surface area contributed by atoms with Crippen molar-refractivity contribution >= 4 is 22.3 Å². The molecule has 0 radical (unpaired) electrons. The average Bonchev–Trinajstić information content (AvgIpc) is 2.76. The number of aromatic nitrogens is 4. The summed E-state index contributed by atoms with van der Waals surface area (Å²) in [6, 6.07) is 0. The van der Waals surface area contributed by atoms with Crippen LogP contribution in [0.1, 0.15) is 17.8 Å². The second-order valence-corrected chi connectivity index (χ2v) is 4.09. The van der Waals surface area contributed by atoms with Crippen molar-refractivity contribution in [2.45, 2.75) is 20.0 Å². The first-order chi connectivity index (χ1) is 7.70. The highest BCUT2D eigenvalue weighted by atomic mass is 32.1. The van der Waals surface area contributed by atoms with E-state index < -0.39 is 5.97 Å². The van der Waals surface area contributed by atoms with Crippen LogP contribution in [0.5, 0.6) is 0 Å². The van der Waals surface area contributed by atoms with Gasteiger partial charge in [-0.1, -0.05) is 18.3 Å². The van der Waals surface area contributed by atoms with Crippen LogP contribution in [0.25, 0.3) is 4.96 Å². The van der Waals surface area contributed by atoms with E-state index in [2.05, 4.69) is 15.3 Å². The van der Waals surface area contributed by atoms with Crippen molar-refractivity contribution in [2.75, 3.05) is 6.61 Å². The normalized spacial score (nSPS) is 11.1. The van der Waals surface area contributed by atoms with E-state index in [0.29, 0.717) is 9.97 Å². The third-order valence-corrected chi connectivity index (χ3v) is 2.74. The van der Waals surface area contributed by atoms with Gasteiger partial charge in [0.2, 0.25) is 4.96 Å². The molecule has 0 saturated heterocycles. The quantitative estimate of drug-likeness (QED) is 0.813. The summed E-state index contributed by atoms with van der Waals surface area (Å²) < 4.78 is 6.60. The Morgan fingerprint density at radius 2 is 2.38 bits per heavy atom. The summed E-state index contributed by atoms with van der Waals surface area (Å²) in [4.78, 5) is 10.9. The summed E-state index contributed by atoms with van der Waals surface area (Å²) in [5.74, 6) is -0.201. The molecular formula is C8H10N4O3S. The Balaban J connectivity index is 2.08. The fourth-order valence-electron chi connectivity index (χ4n) is 1.20. The molecule has 8 heteroatoms. The molecule has 1 N–H and O–H groups in total. The van der Waals surface area contributed by atoms with Gasteiger partial charge in [-0.3, -0.25) is 0 Å². The molecule has 0 amide bonds. The minimum absolute atomic E-state index is 0.184. The van der Waals surface area contributed by atoms with Crippen molar-refractivity contribution in [3.8, 4) is 0 Å². The van der Waals surface area contributed by atoms with Crippen LogP contribution in [0.4, 0.5) is 0 Å². The zero-order chi connectivity index (χ0) is 11.5. The standard InChI is InChI=1S/C8H10N4O3S/c1-2-5-9-10-8-12(5)11-6(16-8)3-15-4-7(13)14/h2-4H2,1H3,(H,13,14). The van der Waals surface area contributed by atoms with E-state index >= 15 is 0 Å². The lowest BCUT2D eigenvalue weighted by molar-refractivity contribution is -0.142. The van der Waals surface area contributed by atoms with Crippen LogP contribution >= 0.6 is 11.3 Å². The van der Waals surface area contributed by atoms with Crippen LogP contribution in [-0.2, 0) is 22.6 Å². The van der Waals surface area contributed by atoms with Gasteiger partial charge in [0.15, 0.2) is 5.82 Å². The molecule has 7 nitrogen and oxygen atoms in total. The highest BCUT2D eigenvalue weighted by Gasteiger charge is 2.10. The van der Waals surface area contributed by atoms with Gasteiger partial charge in [-0.15, -0.1) is 10.2 Å². The Morgan fingerprint density at radius 1 is 1.56 bits per heavy atom. The summed E-state index contributed by atoms with van der Waals surface area (Å²) >= 11 is 1.35. The van der Waals surface area contributed by atoms with Gasteiger partial charge in [0, 0.05) is 6.42 Å². The molecule has 0 bridgehead atoms. The van der Waals surface area contributed by atoms with E-state index in [4.69, 9.17) is 9.84 Å². The molecule has 0 aliphatic carbocycles. The number of carbonyl (C=O) groups is 1. The minimum Gasteiger partial charge on any atom is -0.480 e. The Labute approximate surface area is 94.7 Å². The molecule has 0 fully saturated rings. The molecule has 2 aromatic rings. The monoisotopic (exact) mass is 242 g/mol. The number of hydrogen-bond donors (Lipinski definition) is 1. The van der Waals surface area contributed by atoms with Crippen molar-refractivity contribution in [3.05, 3.63) is 10.8 Å². The van der Waals surface area contributed by atoms with Gasteiger partial charge in [0.25, 0.3) is 0 Å². The number of aliphatic carboxylic acids is 1. The van der Waals surface area contributed by atoms with Crippen molar-refractivity contribution in [3.63, 3.8) is 0 Å². The van der Waals surface area contributed by atoms with Gasteiger partial charge in [-0.05, 0) is 0 Å². The first-order valence-electron chi connectivity index (χ1n) is 4.70. The van der Waals surface area contributed by atoms with Crippen LogP contribution in [-0.4, -0.2) is 37.5 Å². The lowest BCUT2D eigenvalue weighted by Gasteiger charge is -1.95. The van der Waals surface area contributed by atoms with E-state index in [1.807, 2.05) is 6.92 Å². The fraction of sp³-hybridized carbons (Fsp3) is 0.500.